The molecule has 0 unspecified atom stereocenters. The van der Waals surface area contributed by atoms with Crippen LogP contribution in [0.15, 0.2) is 42.5 Å². The maximum Gasteiger partial charge on any atom is 0.129 e. The van der Waals surface area contributed by atoms with Crippen LogP contribution >= 0.6 is 11.6 Å². The average Bonchev–Trinajstić information content (AvgIpc) is 2.17. The Morgan fingerprint density at radius 3 is 2.67 bits per heavy atom. The van der Waals surface area contributed by atoms with Crippen LogP contribution in [0, 0.1) is 13.3 Å². The summed E-state index contributed by atoms with van der Waals surface area (Å²) in [6.07, 6.45) is 2.01. The Kier molecular flexibility index (Phi) is 3.02. The number of hydrogen-bond acceptors (Lipinski definition) is 1. The lowest BCUT2D eigenvalue weighted by Gasteiger charge is -2.02. The van der Waals surface area contributed by atoms with Gasteiger partial charge in [0.1, 0.15) is 5.15 Å². The average molecular weight is 217 g/mol. The monoisotopic (exact) mass is 216 g/mol. The summed E-state index contributed by atoms with van der Waals surface area (Å²) in [5.41, 5.74) is 3.27. The van der Waals surface area contributed by atoms with Gasteiger partial charge in [-0.25, -0.2) is 4.98 Å². The predicted molar refractivity (Wildman–Crippen MR) is 62.9 cm³/mol. The first kappa shape index (κ1) is 10.2. The van der Waals surface area contributed by atoms with Crippen molar-refractivity contribution in [2.24, 2.45) is 0 Å². The van der Waals surface area contributed by atoms with Crippen molar-refractivity contribution >= 4 is 11.6 Å². The molecule has 0 fully saturated rings. The van der Waals surface area contributed by atoms with Crippen LogP contribution in [-0.4, -0.2) is 4.98 Å². The van der Waals surface area contributed by atoms with E-state index in [-0.39, 0.29) is 0 Å². The lowest BCUT2D eigenvalue weighted by Crippen LogP contribution is -1.89. The molecular formula is C13H11ClN. The molecule has 0 N–H and O–H groups in total. The molecule has 75 valence electrons. The van der Waals surface area contributed by atoms with Crippen molar-refractivity contribution in [3.63, 3.8) is 0 Å². The van der Waals surface area contributed by atoms with Gasteiger partial charge in [-0.05, 0) is 24.6 Å². The maximum atomic E-state index is 5.81. The first-order valence-electron chi connectivity index (χ1n) is 4.78. The largest absolute Gasteiger partial charge is 0.240 e. The minimum atomic E-state index is 0.524. The summed E-state index contributed by atoms with van der Waals surface area (Å²) in [6, 6.07) is 13.9. The van der Waals surface area contributed by atoms with Crippen molar-refractivity contribution in [2.45, 2.75) is 6.92 Å². The summed E-state index contributed by atoms with van der Waals surface area (Å²) in [5, 5.41) is 0.524. The number of aromatic nitrogens is 1. The third-order valence-electron chi connectivity index (χ3n) is 2.09. The molecular weight excluding hydrogens is 206 g/mol. The SMILES string of the molecule is Cc1cccc([CH]c2cccc(Cl)n2)c1. The second kappa shape index (κ2) is 4.45. The normalized spacial score (nSPS) is 10.3. The molecule has 1 aromatic carbocycles. The minimum Gasteiger partial charge on any atom is -0.240 e. The van der Waals surface area contributed by atoms with Crippen LogP contribution in [-0.2, 0) is 0 Å². The van der Waals surface area contributed by atoms with E-state index in [4.69, 9.17) is 11.6 Å². The highest BCUT2D eigenvalue weighted by atomic mass is 35.5. The molecule has 2 aromatic rings. The van der Waals surface area contributed by atoms with Crippen molar-refractivity contribution in [1.29, 1.82) is 0 Å². The number of hydrogen-bond donors (Lipinski definition) is 0. The molecule has 1 radical (unpaired) electrons. The highest BCUT2D eigenvalue weighted by Gasteiger charge is 1.99. The fourth-order valence-corrected chi connectivity index (χ4v) is 1.61. The molecule has 1 heterocycles. The number of rotatable bonds is 2. The Hall–Kier alpha value is -1.34. The lowest BCUT2D eigenvalue weighted by molar-refractivity contribution is 1.21. The summed E-state index contributed by atoms with van der Waals surface area (Å²) in [4.78, 5) is 4.21. The van der Waals surface area contributed by atoms with Gasteiger partial charge >= 0.3 is 0 Å². The van der Waals surface area contributed by atoms with Crippen LogP contribution in [0.4, 0.5) is 0 Å². The van der Waals surface area contributed by atoms with Gasteiger partial charge < -0.3 is 0 Å². The predicted octanol–water partition coefficient (Wildman–Crippen LogP) is 3.64. The zero-order valence-corrected chi connectivity index (χ0v) is 9.20. The van der Waals surface area contributed by atoms with Crippen molar-refractivity contribution in [1.82, 2.24) is 4.98 Å². The summed E-state index contributed by atoms with van der Waals surface area (Å²) in [6.45, 7) is 2.07. The van der Waals surface area contributed by atoms with Gasteiger partial charge in [0.05, 0.1) is 5.69 Å². The van der Waals surface area contributed by atoms with Crippen molar-refractivity contribution in [2.75, 3.05) is 0 Å². The maximum absolute atomic E-state index is 5.81. The van der Waals surface area contributed by atoms with E-state index in [1.807, 2.05) is 24.6 Å². The number of benzene rings is 1. The second-order valence-electron chi connectivity index (χ2n) is 3.44. The fourth-order valence-electron chi connectivity index (χ4n) is 1.44. The fraction of sp³-hybridized carbons (Fsp3) is 0.0769. The molecule has 2 rings (SSSR count). The Morgan fingerprint density at radius 1 is 1.13 bits per heavy atom. The van der Waals surface area contributed by atoms with E-state index in [2.05, 4.69) is 30.1 Å². The molecule has 1 aromatic heterocycles. The third-order valence-corrected chi connectivity index (χ3v) is 2.30. The van der Waals surface area contributed by atoms with E-state index in [0.717, 1.165) is 11.3 Å². The van der Waals surface area contributed by atoms with Crippen LogP contribution in [0.5, 0.6) is 0 Å². The van der Waals surface area contributed by atoms with Crippen LogP contribution in [0.1, 0.15) is 16.8 Å². The molecule has 0 amide bonds. The molecule has 15 heavy (non-hydrogen) atoms. The van der Waals surface area contributed by atoms with Gasteiger partial charge in [-0.1, -0.05) is 47.5 Å². The molecule has 0 aliphatic heterocycles. The summed E-state index contributed by atoms with van der Waals surface area (Å²) >= 11 is 5.81. The third kappa shape index (κ3) is 2.80. The molecule has 0 saturated heterocycles. The van der Waals surface area contributed by atoms with Gasteiger partial charge in [0.25, 0.3) is 0 Å². The zero-order valence-electron chi connectivity index (χ0n) is 8.44. The number of halogens is 1. The van der Waals surface area contributed by atoms with E-state index < -0.39 is 0 Å². The molecule has 0 atom stereocenters. The van der Waals surface area contributed by atoms with Gasteiger partial charge in [-0.15, -0.1) is 0 Å². The highest BCUT2D eigenvalue weighted by molar-refractivity contribution is 6.29. The molecule has 0 spiro atoms. The smallest absolute Gasteiger partial charge is 0.129 e. The molecule has 2 heteroatoms. The quantitative estimate of drug-likeness (QED) is 0.699. The number of nitrogens with zero attached hydrogens (tertiary/aromatic N) is 1. The molecule has 1 nitrogen and oxygen atoms in total. The lowest BCUT2D eigenvalue weighted by atomic mass is 10.1. The van der Waals surface area contributed by atoms with Gasteiger partial charge in [0.15, 0.2) is 0 Å². The van der Waals surface area contributed by atoms with E-state index >= 15 is 0 Å². The molecule has 0 aliphatic carbocycles. The molecule has 0 bridgehead atoms. The Morgan fingerprint density at radius 2 is 1.93 bits per heavy atom. The van der Waals surface area contributed by atoms with Crippen LogP contribution in [0.2, 0.25) is 5.15 Å². The Labute approximate surface area is 94.7 Å². The minimum absolute atomic E-state index is 0.524. The zero-order chi connectivity index (χ0) is 10.7. The van der Waals surface area contributed by atoms with Gasteiger partial charge in [-0.3, -0.25) is 0 Å². The Bertz CT molecular complexity index is 422. The number of aryl methyl sites for hydroxylation is 1. The summed E-state index contributed by atoms with van der Waals surface area (Å²) < 4.78 is 0. The van der Waals surface area contributed by atoms with Crippen LogP contribution < -0.4 is 0 Å². The Balaban J connectivity index is 2.22. The first-order chi connectivity index (χ1) is 7.24. The van der Waals surface area contributed by atoms with E-state index in [9.17, 15) is 0 Å². The molecule has 0 saturated carbocycles. The highest BCUT2D eigenvalue weighted by Crippen LogP contribution is 2.13. The summed E-state index contributed by atoms with van der Waals surface area (Å²) in [7, 11) is 0. The van der Waals surface area contributed by atoms with Crippen LogP contribution in [0.25, 0.3) is 0 Å². The first-order valence-corrected chi connectivity index (χ1v) is 5.16. The van der Waals surface area contributed by atoms with E-state index in [1.54, 1.807) is 6.07 Å². The second-order valence-corrected chi connectivity index (χ2v) is 3.83. The number of pyridine rings is 1. The van der Waals surface area contributed by atoms with Gasteiger partial charge in [0, 0.05) is 6.42 Å². The summed E-state index contributed by atoms with van der Waals surface area (Å²) in [5.74, 6) is 0. The standard InChI is InChI=1S/C13H11ClN/c1-10-4-2-5-11(8-10)9-12-6-3-7-13(14)15-12/h2-9H,1H3. The van der Waals surface area contributed by atoms with Crippen molar-refractivity contribution in [3.8, 4) is 0 Å². The molecule has 0 aliphatic rings. The van der Waals surface area contributed by atoms with E-state index in [1.165, 1.54) is 5.56 Å². The van der Waals surface area contributed by atoms with Crippen molar-refractivity contribution in [3.05, 3.63) is 70.9 Å². The van der Waals surface area contributed by atoms with E-state index in [0.29, 0.717) is 5.15 Å². The van der Waals surface area contributed by atoms with Crippen molar-refractivity contribution < 1.29 is 0 Å². The van der Waals surface area contributed by atoms with Gasteiger partial charge in [-0.2, -0.15) is 0 Å². The topological polar surface area (TPSA) is 12.9 Å². The van der Waals surface area contributed by atoms with Gasteiger partial charge in [0.2, 0.25) is 0 Å². The van der Waals surface area contributed by atoms with Crippen LogP contribution in [0.3, 0.4) is 0 Å².